The fraction of sp³-hybridized carbons (Fsp3) is 0.357. The van der Waals surface area contributed by atoms with E-state index in [1.165, 1.54) is 18.9 Å². The highest BCUT2D eigenvalue weighted by Crippen LogP contribution is 2.23. The zero-order valence-corrected chi connectivity index (χ0v) is 10.4. The molecule has 1 aromatic carbocycles. The third-order valence-electron chi connectivity index (χ3n) is 3.27. The van der Waals surface area contributed by atoms with Crippen LogP contribution in [-0.2, 0) is 13.6 Å². The van der Waals surface area contributed by atoms with Gasteiger partial charge in [0.05, 0.1) is 5.56 Å². The first kappa shape index (κ1) is 11.4. The number of nitrogens with one attached hydrogen (secondary N) is 1. The summed E-state index contributed by atoms with van der Waals surface area (Å²) in [5, 5.41) is 3.43. The van der Waals surface area contributed by atoms with Gasteiger partial charge in [-0.15, -0.1) is 0 Å². The number of nitrogens with zero attached hydrogens (tertiary/aromatic N) is 2. The molecule has 0 bridgehead atoms. The zero-order chi connectivity index (χ0) is 12.5. The SMILES string of the molecule is Cn1ccnc1-c1cc(CNC2CC2)ccc1F. The van der Waals surface area contributed by atoms with E-state index in [4.69, 9.17) is 0 Å². The Hall–Kier alpha value is -1.68. The Kier molecular flexibility index (Phi) is 2.88. The van der Waals surface area contributed by atoms with E-state index >= 15 is 0 Å². The van der Waals surface area contributed by atoms with Crippen molar-refractivity contribution in [2.24, 2.45) is 7.05 Å². The minimum absolute atomic E-state index is 0.223. The van der Waals surface area contributed by atoms with E-state index in [2.05, 4.69) is 10.3 Å². The molecule has 4 heteroatoms. The number of imidazole rings is 1. The summed E-state index contributed by atoms with van der Waals surface area (Å²) < 4.78 is 15.7. The van der Waals surface area contributed by atoms with E-state index in [1.807, 2.05) is 29.9 Å². The summed E-state index contributed by atoms with van der Waals surface area (Å²) in [6.45, 7) is 0.794. The Bertz CT molecular complexity index is 558. The van der Waals surface area contributed by atoms with Crippen molar-refractivity contribution < 1.29 is 4.39 Å². The van der Waals surface area contributed by atoms with Gasteiger partial charge in [0.2, 0.25) is 0 Å². The molecular formula is C14H16FN3. The smallest absolute Gasteiger partial charge is 0.142 e. The molecule has 1 N–H and O–H groups in total. The van der Waals surface area contributed by atoms with Crippen LogP contribution in [0.15, 0.2) is 30.6 Å². The van der Waals surface area contributed by atoms with Crippen LogP contribution in [0.5, 0.6) is 0 Å². The average molecular weight is 245 g/mol. The fourth-order valence-corrected chi connectivity index (χ4v) is 2.03. The maximum absolute atomic E-state index is 13.9. The highest BCUT2D eigenvalue weighted by molar-refractivity contribution is 5.57. The van der Waals surface area contributed by atoms with Gasteiger partial charge in [0.25, 0.3) is 0 Å². The van der Waals surface area contributed by atoms with Crippen LogP contribution in [0.25, 0.3) is 11.4 Å². The van der Waals surface area contributed by atoms with Crippen molar-refractivity contribution in [3.05, 3.63) is 42.0 Å². The molecular weight excluding hydrogens is 229 g/mol. The molecule has 0 unspecified atom stereocenters. The summed E-state index contributed by atoms with van der Waals surface area (Å²) in [6, 6.07) is 5.89. The molecule has 1 aromatic heterocycles. The Balaban J connectivity index is 1.87. The van der Waals surface area contributed by atoms with Crippen molar-refractivity contribution >= 4 is 0 Å². The molecule has 94 valence electrons. The number of aromatic nitrogens is 2. The molecule has 3 rings (SSSR count). The van der Waals surface area contributed by atoms with Gasteiger partial charge in [-0.2, -0.15) is 0 Å². The van der Waals surface area contributed by atoms with Crippen LogP contribution in [0.4, 0.5) is 4.39 Å². The van der Waals surface area contributed by atoms with Crippen molar-refractivity contribution in [1.29, 1.82) is 0 Å². The monoisotopic (exact) mass is 245 g/mol. The molecule has 1 fully saturated rings. The lowest BCUT2D eigenvalue weighted by Gasteiger charge is -2.08. The molecule has 1 saturated carbocycles. The van der Waals surface area contributed by atoms with Gasteiger partial charge in [0.1, 0.15) is 11.6 Å². The lowest BCUT2D eigenvalue weighted by molar-refractivity contribution is 0.625. The average Bonchev–Trinajstić information content (AvgIpc) is 3.10. The molecule has 2 aromatic rings. The fourth-order valence-electron chi connectivity index (χ4n) is 2.03. The third-order valence-corrected chi connectivity index (χ3v) is 3.27. The molecule has 0 amide bonds. The van der Waals surface area contributed by atoms with E-state index in [9.17, 15) is 4.39 Å². The first-order chi connectivity index (χ1) is 8.74. The lowest BCUT2D eigenvalue weighted by Crippen LogP contribution is -2.15. The second-order valence-corrected chi connectivity index (χ2v) is 4.83. The Morgan fingerprint density at radius 2 is 2.28 bits per heavy atom. The van der Waals surface area contributed by atoms with Crippen molar-refractivity contribution in [2.45, 2.75) is 25.4 Å². The van der Waals surface area contributed by atoms with E-state index < -0.39 is 0 Å². The number of hydrogen-bond donors (Lipinski definition) is 1. The highest BCUT2D eigenvalue weighted by Gasteiger charge is 2.20. The third kappa shape index (κ3) is 2.29. The van der Waals surface area contributed by atoms with Crippen LogP contribution in [0.2, 0.25) is 0 Å². The Labute approximate surface area is 106 Å². The number of aryl methyl sites for hydroxylation is 1. The van der Waals surface area contributed by atoms with Gasteiger partial charge >= 0.3 is 0 Å². The van der Waals surface area contributed by atoms with Crippen LogP contribution in [0.1, 0.15) is 18.4 Å². The topological polar surface area (TPSA) is 29.9 Å². The first-order valence-electron chi connectivity index (χ1n) is 6.23. The van der Waals surface area contributed by atoms with E-state index in [-0.39, 0.29) is 5.82 Å². The van der Waals surface area contributed by atoms with Crippen molar-refractivity contribution in [3.63, 3.8) is 0 Å². The highest BCUT2D eigenvalue weighted by atomic mass is 19.1. The summed E-state index contributed by atoms with van der Waals surface area (Å²) in [5.74, 6) is 0.445. The number of rotatable bonds is 4. The van der Waals surface area contributed by atoms with Gasteiger partial charge in [-0.3, -0.25) is 0 Å². The molecule has 0 radical (unpaired) electrons. The zero-order valence-electron chi connectivity index (χ0n) is 10.4. The number of hydrogen-bond acceptors (Lipinski definition) is 2. The van der Waals surface area contributed by atoms with E-state index in [0.29, 0.717) is 17.4 Å². The molecule has 3 nitrogen and oxygen atoms in total. The van der Waals surface area contributed by atoms with Gasteiger partial charge in [-0.05, 0) is 30.5 Å². The Morgan fingerprint density at radius 1 is 1.44 bits per heavy atom. The van der Waals surface area contributed by atoms with Crippen LogP contribution >= 0.6 is 0 Å². The molecule has 0 atom stereocenters. The standard InChI is InChI=1S/C14H16FN3/c1-18-7-6-16-14(18)12-8-10(2-5-13(12)15)9-17-11-3-4-11/h2,5-8,11,17H,3-4,9H2,1H3. The quantitative estimate of drug-likeness (QED) is 0.896. The van der Waals surface area contributed by atoms with E-state index in [1.54, 1.807) is 6.20 Å². The van der Waals surface area contributed by atoms with Crippen LogP contribution in [0.3, 0.4) is 0 Å². The van der Waals surface area contributed by atoms with Gasteiger partial charge in [-0.1, -0.05) is 6.07 Å². The van der Waals surface area contributed by atoms with Gasteiger partial charge in [-0.25, -0.2) is 9.37 Å². The predicted molar refractivity (Wildman–Crippen MR) is 68.5 cm³/mol. The molecule has 1 heterocycles. The second-order valence-electron chi connectivity index (χ2n) is 4.83. The van der Waals surface area contributed by atoms with Crippen molar-refractivity contribution in [2.75, 3.05) is 0 Å². The summed E-state index contributed by atoms with van der Waals surface area (Å²) in [5.41, 5.74) is 1.67. The minimum atomic E-state index is -0.223. The molecule has 0 spiro atoms. The summed E-state index contributed by atoms with van der Waals surface area (Å²) >= 11 is 0. The summed E-state index contributed by atoms with van der Waals surface area (Å²) in [6.07, 6.45) is 6.02. The summed E-state index contributed by atoms with van der Waals surface area (Å²) in [4.78, 5) is 4.20. The molecule has 1 aliphatic rings. The number of halogens is 1. The van der Waals surface area contributed by atoms with E-state index in [0.717, 1.165) is 12.1 Å². The Morgan fingerprint density at radius 3 is 2.94 bits per heavy atom. The largest absolute Gasteiger partial charge is 0.334 e. The van der Waals surface area contributed by atoms with Crippen molar-refractivity contribution in [1.82, 2.24) is 14.9 Å². The molecule has 1 aliphatic carbocycles. The lowest BCUT2D eigenvalue weighted by atomic mass is 10.1. The molecule has 0 saturated heterocycles. The van der Waals surface area contributed by atoms with Crippen LogP contribution in [-0.4, -0.2) is 15.6 Å². The van der Waals surface area contributed by atoms with Gasteiger partial charge < -0.3 is 9.88 Å². The molecule has 0 aliphatic heterocycles. The molecule has 18 heavy (non-hydrogen) atoms. The normalized spacial score (nSPS) is 15.0. The minimum Gasteiger partial charge on any atom is -0.334 e. The van der Waals surface area contributed by atoms with Crippen molar-refractivity contribution in [3.8, 4) is 11.4 Å². The summed E-state index contributed by atoms with van der Waals surface area (Å²) in [7, 11) is 1.87. The van der Waals surface area contributed by atoms with Crippen LogP contribution < -0.4 is 5.32 Å². The van der Waals surface area contributed by atoms with Crippen LogP contribution in [0, 0.1) is 5.82 Å². The van der Waals surface area contributed by atoms with Gasteiger partial charge in [0, 0.05) is 32.0 Å². The second kappa shape index (κ2) is 4.53. The number of benzene rings is 1. The maximum atomic E-state index is 13.9. The first-order valence-corrected chi connectivity index (χ1v) is 6.23. The maximum Gasteiger partial charge on any atom is 0.142 e. The predicted octanol–water partition coefficient (Wildman–Crippen LogP) is 2.48. The van der Waals surface area contributed by atoms with Gasteiger partial charge in [0.15, 0.2) is 0 Å².